The average molecular weight is 560 g/mol. The Labute approximate surface area is 237 Å². The molecular weight excluding hydrogens is 514 g/mol. The van der Waals surface area contributed by atoms with Crippen molar-refractivity contribution in [2.75, 3.05) is 26.3 Å². The van der Waals surface area contributed by atoms with Crippen molar-refractivity contribution in [3.05, 3.63) is 52.1 Å². The van der Waals surface area contributed by atoms with Crippen LogP contribution in [0.3, 0.4) is 0 Å². The van der Waals surface area contributed by atoms with E-state index in [1.807, 2.05) is 39.8 Å². The summed E-state index contributed by atoms with van der Waals surface area (Å²) in [6, 6.07) is 4.01. The Morgan fingerprint density at radius 1 is 0.975 bits per heavy atom. The zero-order valence-electron chi connectivity index (χ0n) is 24.1. The number of carbonyl (C=O) groups excluding carboxylic acids is 1. The van der Waals surface area contributed by atoms with Crippen LogP contribution in [0, 0.1) is 5.92 Å². The number of hydrogen-bond acceptors (Lipinski definition) is 9. The highest BCUT2D eigenvalue weighted by molar-refractivity contribution is 5.90. The predicted octanol–water partition coefficient (Wildman–Crippen LogP) is 2.52. The van der Waals surface area contributed by atoms with Gasteiger partial charge in [0.05, 0.1) is 18.8 Å². The topological polar surface area (TPSA) is 129 Å². The maximum Gasteiger partial charge on any atom is 0.338 e. The first kappa shape index (κ1) is 30.7. The quantitative estimate of drug-likeness (QED) is 0.252. The predicted molar refractivity (Wildman–Crippen MR) is 150 cm³/mol. The summed E-state index contributed by atoms with van der Waals surface area (Å²) in [5.74, 6) is 0.400. The lowest BCUT2D eigenvalue weighted by Gasteiger charge is -2.40. The Balaban J connectivity index is 1.63. The minimum Gasteiger partial charge on any atom is -0.462 e. The maximum atomic E-state index is 13.3. The van der Waals surface area contributed by atoms with E-state index in [4.69, 9.17) is 14.2 Å². The molecule has 3 heterocycles. The molecule has 3 aliphatic rings. The summed E-state index contributed by atoms with van der Waals surface area (Å²) < 4.78 is 17.7. The van der Waals surface area contributed by atoms with Crippen molar-refractivity contribution < 1.29 is 39.4 Å². The van der Waals surface area contributed by atoms with E-state index in [0.29, 0.717) is 53.8 Å². The first-order valence-corrected chi connectivity index (χ1v) is 14.4. The van der Waals surface area contributed by atoms with E-state index in [-0.39, 0.29) is 5.97 Å². The van der Waals surface area contributed by atoms with E-state index in [1.165, 1.54) is 6.42 Å². The van der Waals surface area contributed by atoms with Crippen LogP contribution in [-0.2, 0) is 22.3 Å². The van der Waals surface area contributed by atoms with Gasteiger partial charge in [-0.15, -0.1) is 0 Å². The molecule has 0 spiro atoms. The van der Waals surface area contributed by atoms with Crippen molar-refractivity contribution in [2.24, 2.45) is 5.92 Å². The molecule has 0 radical (unpaired) electrons. The number of aliphatic hydroxyl groups excluding tert-OH is 4. The van der Waals surface area contributed by atoms with Crippen molar-refractivity contribution in [2.45, 2.75) is 96.5 Å². The molecule has 0 aliphatic carbocycles. The molecule has 0 unspecified atom stereocenters. The lowest BCUT2D eigenvalue weighted by Crippen LogP contribution is -2.60. The first-order valence-electron chi connectivity index (χ1n) is 14.4. The van der Waals surface area contributed by atoms with E-state index in [9.17, 15) is 25.2 Å². The van der Waals surface area contributed by atoms with Crippen LogP contribution in [0.15, 0.2) is 35.4 Å². The lowest BCUT2D eigenvalue weighted by molar-refractivity contribution is -0.277. The fourth-order valence-corrected chi connectivity index (χ4v) is 5.88. The van der Waals surface area contributed by atoms with E-state index in [1.54, 1.807) is 12.1 Å². The van der Waals surface area contributed by atoms with Crippen LogP contribution in [0.5, 0.6) is 5.75 Å². The molecule has 0 amide bonds. The second-order valence-electron chi connectivity index (χ2n) is 11.8. The van der Waals surface area contributed by atoms with Gasteiger partial charge in [0, 0.05) is 12.0 Å². The second-order valence-corrected chi connectivity index (χ2v) is 11.8. The molecule has 7 atom stereocenters. The van der Waals surface area contributed by atoms with Crippen molar-refractivity contribution in [3.8, 4) is 5.75 Å². The number of rotatable bonds is 10. The molecule has 3 saturated heterocycles. The van der Waals surface area contributed by atoms with Gasteiger partial charge in [-0.05, 0) is 96.1 Å². The third kappa shape index (κ3) is 7.13. The van der Waals surface area contributed by atoms with Gasteiger partial charge < -0.3 is 34.6 Å². The van der Waals surface area contributed by atoms with Crippen molar-refractivity contribution >= 4 is 5.97 Å². The highest BCUT2D eigenvalue weighted by Crippen LogP contribution is 2.35. The zero-order valence-corrected chi connectivity index (χ0v) is 24.1. The summed E-state index contributed by atoms with van der Waals surface area (Å²) in [5, 5.41) is 40.8. The Kier molecular flexibility index (Phi) is 10.4. The number of fused-ring (bicyclic) bond motifs is 1. The average Bonchev–Trinajstić information content (AvgIpc) is 3.54. The molecule has 0 aromatic heterocycles. The molecule has 1 aromatic rings. The van der Waals surface area contributed by atoms with E-state index >= 15 is 0 Å². The highest BCUT2D eigenvalue weighted by Gasteiger charge is 2.45. The molecule has 3 aliphatic heterocycles. The molecule has 4 rings (SSSR count). The number of allylic oxidation sites excluding steroid dienone is 4. The van der Waals surface area contributed by atoms with Gasteiger partial charge in [-0.25, -0.2) is 4.79 Å². The summed E-state index contributed by atoms with van der Waals surface area (Å²) in [6.07, 6.45) is 1.34. The summed E-state index contributed by atoms with van der Waals surface area (Å²) in [7, 11) is 0. The van der Waals surface area contributed by atoms with Crippen molar-refractivity contribution in [1.29, 1.82) is 0 Å². The van der Waals surface area contributed by atoms with Crippen LogP contribution in [0.4, 0.5) is 0 Å². The molecule has 222 valence electrons. The van der Waals surface area contributed by atoms with Gasteiger partial charge in [0.25, 0.3) is 0 Å². The fraction of sp³-hybridized carbons (Fsp3) is 0.645. The minimum absolute atomic E-state index is 0.357. The molecule has 9 nitrogen and oxygen atoms in total. The molecule has 9 heteroatoms. The Morgan fingerprint density at radius 2 is 1.62 bits per heavy atom. The molecule has 40 heavy (non-hydrogen) atoms. The van der Waals surface area contributed by atoms with E-state index in [0.717, 1.165) is 37.1 Å². The van der Waals surface area contributed by atoms with Gasteiger partial charge in [0.15, 0.2) is 0 Å². The largest absolute Gasteiger partial charge is 0.462 e. The SMILES string of the molecule is CC(C)=CCc1cc(C(=O)OC[C@@H]2CCN3CCC[C@H]23)cc(CC=C(C)C)c1O[C@@H]1O[C@@H](CO)[C@H](O)[C@@H](O)[C@H]1O. The summed E-state index contributed by atoms with van der Waals surface area (Å²) in [4.78, 5) is 15.8. The maximum absolute atomic E-state index is 13.3. The highest BCUT2D eigenvalue weighted by atomic mass is 16.7. The number of nitrogens with zero attached hydrogens (tertiary/aromatic N) is 1. The number of ether oxygens (including phenoxy) is 3. The number of esters is 1. The van der Waals surface area contributed by atoms with Crippen LogP contribution < -0.4 is 4.74 Å². The van der Waals surface area contributed by atoms with Crippen LogP contribution in [-0.4, -0.2) is 94.3 Å². The number of benzene rings is 1. The standard InChI is InChI=1S/C31H45NO8/c1-18(2)7-9-20-14-23(30(37)38-17-22-11-13-32-12-5-6-24(22)32)15-21(10-8-19(3)4)29(20)40-31-28(36)27(35)26(34)25(16-33)39-31/h7-8,14-15,22,24-28,31,33-36H,5-6,9-13,16-17H2,1-4H3/t22-,24+,25-,26-,27+,28+,31-/m0/s1. The van der Waals surface area contributed by atoms with Crippen LogP contribution in [0.1, 0.15) is 68.4 Å². The monoisotopic (exact) mass is 559 g/mol. The Hall–Kier alpha value is -2.27. The van der Waals surface area contributed by atoms with Gasteiger partial charge in [-0.2, -0.15) is 0 Å². The molecule has 0 saturated carbocycles. The molecule has 4 N–H and O–H groups in total. The van der Waals surface area contributed by atoms with Gasteiger partial charge in [0.1, 0.15) is 30.2 Å². The third-order valence-electron chi connectivity index (χ3n) is 8.20. The van der Waals surface area contributed by atoms with Gasteiger partial charge in [0.2, 0.25) is 6.29 Å². The molecular formula is C31H45NO8. The van der Waals surface area contributed by atoms with Crippen LogP contribution in [0.2, 0.25) is 0 Å². The number of hydrogen-bond donors (Lipinski definition) is 4. The number of aliphatic hydroxyl groups is 4. The fourth-order valence-electron chi connectivity index (χ4n) is 5.88. The normalized spacial score (nSPS) is 30.1. The van der Waals surface area contributed by atoms with Crippen molar-refractivity contribution in [1.82, 2.24) is 4.90 Å². The second kappa shape index (κ2) is 13.6. The van der Waals surface area contributed by atoms with Crippen molar-refractivity contribution in [3.63, 3.8) is 0 Å². The first-order chi connectivity index (χ1) is 19.1. The Bertz CT molecular complexity index is 1050. The summed E-state index contributed by atoms with van der Waals surface area (Å²) in [5.41, 5.74) is 4.00. The van der Waals surface area contributed by atoms with E-state index in [2.05, 4.69) is 4.90 Å². The molecule has 0 bridgehead atoms. The third-order valence-corrected chi connectivity index (χ3v) is 8.20. The smallest absolute Gasteiger partial charge is 0.338 e. The zero-order chi connectivity index (χ0) is 29.0. The van der Waals surface area contributed by atoms with Gasteiger partial charge in [-0.1, -0.05) is 23.3 Å². The van der Waals surface area contributed by atoms with Crippen LogP contribution >= 0.6 is 0 Å². The molecule has 3 fully saturated rings. The van der Waals surface area contributed by atoms with Gasteiger partial charge in [-0.3, -0.25) is 4.90 Å². The Morgan fingerprint density at radius 3 is 2.23 bits per heavy atom. The lowest BCUT2D eigenvalue weighted by atomic mass is 9.97. The van der Waals surface area contributed by atoms with Crippen LogP contribution in [0.25, 0.3) is 0 Å². The summed E-state index contributed by atoms with van der Waals surface area (Å²) >= 11 is 0. The van der Waals surface area contributed by atoms with Gasteiger partial charge >= 0.3 is 5.97 Å². The summed E-state index contributed by atoms with van der Waals surface area (Å²) in [6.45, 7) is 9.97. The molecule has 1 aromatic carbocycles. The number of carbonyl (C=O) groups is 1. The van der Waals surface area contributed by atoms with E-state index < -0.39 is 37.3 Å². The minimum atomic E-state index is -1.56.